The number of halogens is 1. The number of nitrogens with zero attached hydrogens (tertiary/aromatic N) is 3. The molecule has 27 heavy (non-hydrogen) atoms. The number of rotatable bonds is 3. The minimum atomic E-state index is -0.233. The number of likely N-dealkylation sites (tertiary alicyclic amines) is 1. The van der Waals surface area contributed by atoms with Crippen molar-refractivity contribution >= 4 is 23.4 Å². The molecule has 1 aromatic heterocycles. The van der Waals surface area contributed by atoms with Gasteiger partial charge in [0.25, 0.3) is 5.91 Å². The van der Waals surface area contributed by atoms with Crippen molar-refractivity contribution in [1.82, 2.24) is 9.47 Å². The Morgan fingerprint density at radius 3 is 2.59 bits per heavy atom. The van der Waals surface area contributed by atoms with E-state index >= 15 is 0 Å². The highest BCUT2D eigenvalue weighted by molar-refractivity contribution is 6.30. The quantitative estimate of drug-likeness (QED) is 0.809. The highest BCUT2D eigenvalue weighted by Gasteiger charge is 2.29. The monoisotopic (exact) mass is 385 g/mol. The summed E-state index contributed by atoms with van der Waals surface area (Å²) in [5.41, 5.74) is 1.24. The van der Waals surface area contributed by atoms with E-state index in [1.807, 2.05) is 32.0 Å². The van der Waals surface area contributed by atoms with E-state index in [9.17, 15) is 9.59 Å². The van der Waals surface area contributed by atoms with E-state index in [4.69, 9.17) is 11.6 Å². The van der Waals surface area contributed by atoms with Crippen LogP contribution in [-0.4, -0.2) is 40.4 Å². The zero-order valence-corrected chi connectivity index (χ0v) is 16.4. The van der Waals surface area contributed by atoms with Crippen molar-refractivity contribution in [3.63, 3.8) is 0 Å². The first-order chi connectivity index (χ1) is 13.0. The molecule has 6 heteroatoms. The number of piperidine rings is 1. The molecule has 1 unspecified atom stereocenters. The predicted octanol–water partition coefficient (Wildman–Crippen LogP) is 3.64. The molecule has 1 atom stereocenters. The maximum absolute atomic E-state index is 13.1. The molecule has 1 saturated heterocycles. The molecule has 0 aliphatic carbocycles. The summed E-state index contributed by atoms with van der Waals surface area (Å²) in [5, 5.41) is 0.597. The third-order valence-electron chi connectivity index (χ3n) is 4.62. The third-order valence-corrected chi connectivity index (χ3v) is 4.87. The van der Waals surface area contributed by atoms with Gasteiger partial charge in [0.15, 0.2) is 0 Å². The maximum Gasteiger partial charge on any atom is 0.253 e. The van der Waals surface area contributed by atoms with E-state index in [2.05, 4.69) is 4.99 Å². The highest BCUT2D eigenvalue weighted by atomic mass is 35.5. The van der Waals surface area contributed by atoms with Crippen LogP contribution in [-0.2, 0) is 0 Å². The number of benzene rings is 1. The average molecular weight is 386 g/mol. The zero-order valence-electron chi connectivity index (χ0n) is 15.6. The molecule has 0 saturated carbocycles. The van der Waals surface area contributed by atoms with Gasteiger partial charge in [0.05, 0.1) is 5.92 Å². The highest BCUT2D eigenvalue weighted by Crippen LogP contribution is 2.20. The molecule has 0 bridgehead atoms. The lowest BCUT2D eigenvalue weighted by Gasteiger charge is -2.32. The van der Waals surface area contributed by atoms with Crippen molar-refractivity contribution in [1.29, 1.82) is 0 Å². The van der Waals surface area contributed by atoms with Gasteiger partial charge in [-0.1, -0.05) is 17.7 Å². The van der Waals surface area contributed by atoms with Crippen LogP contribution in [0.4, 0.5) is 0 Å². The molecule has 0 N–H and O–H groups in total. The van der Waals surface area contributed by atoms with Gasteiger partial charge < -0.3 is 4.90 Å². The van der Waals surface area contributed by atoms with Gasteiger partial charge in [-0.2, -0.15) is 0 Å². The Morgan fingerprint density at radius 1 is 1.15 bits per heavy atom. The molecule has 0 radical (unpaired) electrons. The van der Waals surface area contributed by atoms with Crippen molar-refractivity contribution in [2.45, 2.75) is 32.7 Å². The largest absolute Gasteiger partial charge is 0.338 e. The first-order valence-electron chi connectivity index (χ1n) is 9.26. The first kappa shape index (κ1) is 19.4. The molecule has 2 heterocycles. The molecule has 1 fully saturated rings. The van der Waals surface area contributed by atoms with Crippen LogP contribution in [0.2, 0.25) is 5.02 Å². The lowest BCUT2D eigenvalue weighted by molar-refractivity contribution is 0.0603. The molecule has 142 valence electrons. The lowest BCUT2D eigenvalue weighted by atomic mass is 9.96. The van der Waals surface area contributed by atoms with Crippen molar-refractivity contribution in [3.8, 4) is 0 Å². The van der Waals surface area contributed by atoms with Gasteiger partial charge in [-0.3, -0.25) is 19.1 Å². The molecule has 1 aliphatic heterocycles. The van der Waals surface area contributed by atoms with Gasteiger partial charge >= 0.3 is 0 Å². The molecule has 2 aromatic rings. The van der Waals surface area contributed by atoms with Crippen LogP contribution < -0.4 is 5.49 Å². The Bertz CT molecular complexity index is 887. The molecule has 0 spiro atoms. The smallest absolute Gasteiger partial charge is 0.253 e. The van der Waals surface area contributed by atoms with Gasteiger partial charge in [-0.15, -0.1) is 0 Å². The summed E-state index contributed by atoms with van der Waals surface area (Å²) < 4.78 is 1.61. The average Bonchev–Trinajstić information content (AvgIpc) is 2.67. The number of amides is 1. The standard InChI is InChI=1S/C21H24ClN3O2/c1-15(2)23-19-7-3-4-13-25(19)21(27)17-6-5-12-24(14-17)20(26)16-8-10-18(22)11-9-16/h3-4,7-11,13,15,17H,5-6,12,14H2,1-2H3. The first-order valence-corrected chi connectivity index (χ1v) is 9.64. The Kier molecular flexibility index (Phi) is 6.11. The molecule has 1 aliphatic rings. The van der Waals surface area contributed by atoms with Gasteiger partial charge in [-0.25, -0.2) is 0 Å². The van der Waals surface area contributed by atoms with E-state index in [1.165, 1.54) is 0 Å². The van der Waals surface area contributed by atoms with Crippen molar-refractivity contribution in [3.05, 3.63) is 64.7 Å². The number of carbonyl (C=O) groups excluding carboxylic acids is 2. The zero-order chi connectivity index (χ0) is 19.4. The summed E-state index contributed by atoms with van der Waals surface area (Å²) in [6.45, 7) is 5.04. The summed E-state index contributed by atoms with van der Waals surface area (Å²) in [5.74, 6) is -0.304. The maximum atomic E-state index is 13.1. The number of aromatic nitrogens is 1. The molecule has 1 aromatic carbocycles. The summed E-state index contributed by atoms with van der Waals surface area (Å²) >= 11 is 5.90. The summed E-state index contributed by atoms with van der Waals surface area (Å²) in [6, 6.07) is 12.5. The predicted molar refractivity (Wildman–Crippen MR) is 106 cm³/mol. The summed E-state index contributed by atoms with van der Waals surface area (Å²) in [4.78, 5) is 32.2. The van der Waals surface area contributed by atoms with Crippen LogP contribution in [0.3, 0.4) is 0 Å². The van der Waals surface area contributed by atoms with Crippen LogP contribution in [0, 0.1) is 5.92 Å². The fourth-order valence-corrected chi connectivity index (χ4v) is 3.45. The minimum absolute atomic E-state index is 0.0105. The number of hydrogen-bond donors (Lipinski definition) is 0. The van der Waals surface area contributed by atoms with Crippen LogP contribution in [0.1, 0.15) is 41.8 Å². The normalized spacial score (nSPS) is 18.0. The topological polar surface area (TPSA) is 54.7 Å². The molecular formula is C21H24ClN3O2. The van der Waals surface area contributed by atoms with Crippen LogP contribution in [0.25, 0.3) is 0 Å². The van der Waals surface area contributed by atoms with E-state index in [0.29, 0.717) is 29.2 Å². The Morgan fingerprint density at radius 2 is 1.89 bits per heavy atom. The number of carbonyl (C=O) groups is 2. The second-order valence-electron chi connectivity index (χ2n) is 7.09. The van der Waals surface area contributed by atoms with Crippen molar-refractivity contribution in [2.75, 3.05) is 13.1 Å². The fraction of sp³-hybridized carbons (Fsp3) is 0.381. The van der Waals surface area contributed by atoms with Crippen molar-refractivity contribution < 1.29 is 9.59 Å². The second-order valence-corrected chi connectivity index (χ2v) is 7.52. The van der Waals surface area contributed by atoms with Crippen LogP contribution in [0.5, 0.6) is 0 Å². The Labute approximate surface area is 164 Å². The third kappa shape index (κ3) is 4.66. The molecular weight excluding hydrogens is 362 g/mol. The second kappa shape index (κ2) is 8.53. The lowest BCUT2D eigenvalue weighted by Crippen LogP contribution is -2.45. The summed E-state index contributed by atoms with van der Waals surface area (Å²) in [7, 11) is 0. The van der Waals surface area contributed by atoms with Crippen molar-refractivity contribution in [2.24, 2.45) is 10.9 Å². The van der Waals surface area contributed by atoms with Gasteiger partial charge in [0, 0.05) is 35.9 Å². The van der Waals surface area contributed by atoms with E-state index < -0.39 is 0 Å². The molecule has 1 amide bonds. The SMILES string of the molecule is CC(C)N=c1ccccn1C(=O)C1CCCN(C(=O)c2ccc(Cl)cc2)C1. The Hall–Kier alpha value is -2.40. The number of hydrogen-bond acceptors (Lipinski definition) is 3. The van der Waals surface area contributed by atoms with Crippen LogP contribution >= 0.6 is 11.6 Å². The van der Waals surface area contributed by atoms with Gasteiger partial charge in [0.2, 0.25) is 5.91 Å². The fourth-order valence-electron chi connectivity index (χ4n) is 3.33. The minimum Gasteiger partial charge on any atom is -0.338 e. The van der Waals surface area contributed by atoms with Gasteiger partial charge in [-0.05, 0) is 63.1 Å². The van der Waals surface area contributed by atoms with Crippen LogP contribution in [0.15, 0.2) is 53.7 Å². The molecule has 5 nitrogen and oxygen atoms in total. The van der Waals surface area contributed by atoms with E-state index in [0.717, 1.165) is 12.8 Å². The summed E-state index contributed by atoms with van der Waals surface area (Å²) in [6.07, 6.45) is 3.33. The van der Waals surface area contributed by atoms with E-state index in [1.54, 1.807) is 39.9 Å². The molecule has 3 rings (SSSR count). The Balaban J connectivity index is 1.79. The van der Waals surface area contributed by atoms with Gasteiger partial charge in [0.1, 0.15) is 5.49 Å². The van der Waals surface area contributed by atoms with E-state index in [-0.39, 0.29) is 23.8 Å². The number of pyridine rings is 1.